The molecule has 0 N–H and O–H groups in total. The molecular weight excluding hydrogens is 343 g/mol. The molecule has 0 unspecified atom stereocenters. The number of nitrogens with zero attached hydrogens (tertiary/aromatic N) is 1. The molecule has 6 heteroatoms. The Kier molecular flexibility index (Phi) is 5.05. The van der Waals surface area contributed by atoms with E-state index in [1.807, 2.05) is 30.3 Å². The number of carbonyl (C=O) groups is 1. The number of hydrogen-bond donors (Lipinski definition) is 0. The predicted molar refractivity (Wildman–Crippen MR) is 91.3 cm³/mol. The van der Waals surface area contributed by atoms with E-state index in [2.05, 4.69) is 0 Å². The molecular formula is C20H20F3NO2. The van der Waals surface area contributed by atoms with Crippen LogP contribution in [-0.4, -0.2) is 30.6 Å². The first kappa shape index (κ1) is 18.5. The smallest absolute Gasteiger partial charge is 0.356 e. The van der Waals surface area contributed by atoms with Gasteiger partial charge in [0.2, 0.25) is 0 Å². The number of ether oxygens (including phenoxy) is 1. The molecule has 1 saturated heterocycles. The molecule has 1 amide bonds. The Labute approximate surface area is 150 Å². The van der Waals surface area contributed by atoms with Gasteiger partial charge in [-0.15, -0.1) is 0 Å². The average molecular weight is 363 g/mol. The zero-order valence-electron chi connectivity index (χ0n) is 14.4. The maximum Gasteiger partial charge on any atom is 0.430 e. The van der Waals surface area contributed by atoms with Crippen LogP contribution in [0.2, 0.25) is 0 Å². The number of alkyl halides is 3. The fourth-order valence-electron chi connectivity index (χ4n) is 3.64. The zero-order valence-corrected chi connectivity index (χ0v) is 14.4. The molecule has 3 rings (SSSR count). The third kappa shape index (κ3) is 2.98. The van der Waals surface area contributed by atoms with Crippen molar-refractivity contribution >= 4 is 5.91 Å². The third-order valence-corrected chi connectivity index (χ3v) is 4.88. The summed E-state index contributed by atoms with van der Waals surface area (Å²) in [5.41, 5.74) is -2.39. The zero-order chi connectivity index (χ0) is 18.8. The quantitative estimate of drug-likeness (QED) is 0.803. The van der Waals surface area contributed by atoms with E-state index < -0.39 is 17.7 Å². The van der Waals surface area contributed by atoms with Crippen molar-refractivity contribution in [3.63, 3.8) is 0 Å². The summed E-state index contributed by atoms with van der Waals surface area (Å²) in [7, 11) is 0.936. The summed E-state index contributed by atoms with van der Waals surface area (Å²) in [5.74, 6) is -1.06. The first-order valence-electron chi connectivity index (χ1n) is 8.45. The maximum absolute atomic E-state index is 14.1. The minimum absolute atomic E-state index is 0.210. The SMILES string of the molecule is CO[C@@](C(=O)N1CCC[C@H]1c1ccccc1)(c1ccccc1)C(F)(F)F. The average Bonchev–Trinajstić information content (AvgIpc) is 3.13. The van der Waals surface area contributed by atoms with Crippen LogP contribution in [0.1, 0.15) is 30.0 Å². The molecule has 3 nitrogen and oxygen atoms in total. The summed E-state index contributed by atoms with van der Waals surface area (Å²) >= 11 is 0. The van der Waals surface area contributed by atoms with Crippen LogP contribution in [0.25, 0.3) is 0 Å². The van der Waals surface area contributed by atoms with E-state index in [1.165, 1.54) is 29.2 Å². The number of rotatable bonds is 4. The Bertz CT molecular complexity index is 749. The largest absolute Gasteiger partial charge is 0.430 e. The van der Waals surface area contributed by atoms with E-state index in [0.29, 0.717) is 12.8 Å². The van der Waals surface area contributed by atoms with E-state index in [-0.39, 0.29) is 18.2 Å². The molecule has 1 aliphatic rings. The lowest BCUT2D eigenvalue weighted by Crippen LogP contribution is -2.56. The number of halogens is 3. The second kappa shape index (κ2) is 7.11. The van der Waals surface area contributed by atoms with Crippen molar-refractivity contribution in [1.82, 2.24) is 4.90 Å². The highest BCUT2D eigenvalue weighted by molar-refractivity contribution is 5.88. The van der Waals surface area contributed by atoms with Crippen LogP contribution in [0.5, 0.6) is 0 Å². The number of likely N-dealkylation sites (tertiary alicyclic amines) is 1. The van der Waals surface area contributed by atoms with Gasteiger partial charge in [-0.05, 0) is 18.4 Å². The first-order chi connectivity index (χ1) is 12.4. The van der Waals surface area contributed by atoms with Crippen molar-refractivity contribution in [2.45, 2.75) is 30.7 Å². The van der Waals surface area contributed by atoms with Crippen molar-refractivity contribution in [3.8, 4) is 0 Å². The molecule has 26 heavy (non-hydrogen) atoms. The van der Waals surface area contributed by atoms with Gasteiger partial charge in [-0.3, -0.25) is 4.79 Å². The van der Waals surface area contributed by atoms with E-state index in [4.69, 9.17) is 4.74 Å². The van der Waals surface area contributed by atoms with Gasteiger partial charge in [0.15, 0.2) is 0 Å². The minimum atomic E-state index is -4.88. The molecule has 1 heterocycles. The molecule has 1 aliphatic heterocycles. The van der Waals surface area contributed by atoms with Gasteiger partial charge in [0, 0.05) is 19.2 Å². The highest BCUT2D eigenvalue weighted by Crippen LogP contribution is 2.46. The van der Waals surface area contributed by atoms with Crippen LogP contribution in [0.3, 0.4) is 0 Å². The van der Waals surface area contributed by atoms with Gasteiger partial charge < -0.3 is 9.64 Å². The number of amides is 1. The second-order valence-electron chi connectivity index (χ2n) is 6.32. The number of methoxy groups -OCH3 is 1. The molecule has 0 aliphatic carbocycles. The molecule has 0 spiro atoms. The van der Waals surface area contributed by atoms with Gasteiger partial charge in [-0.25, -0.2) is 0 Å². The van der Waals surface area contributed by atoms with Gasteiger partial charge in [-0.1, -0.05) is 60.7 Å². The molecule has 0 saturated carbocycles. The van der Waals surface area contributed by atoms with Crippen LogP contribution in [-0.2, 0) is 15.1 Å². The van der Waals surface area contributed by atoms with E-state index in [1.54, 1.807) is 6.07 Å². The van der Waals surface area contributed by atoms with E-state index in [9.17, 15) is 18.0 Å². The molecule has 138 valence electrons. The Balaban J connectivity index is 2.06. The Hall–Kier alpha value is -2.34. The monoisotopic (exact) mass is 363 g/mol. The maximum atomic E-state index is 14.1. The van der Waals surface area contributed by atoms with Crippen molar-refractivity contribution in [2.24, 2.45) is 0 Å². The Morgan fingerprint density at radius 2 is 1.62 bits per heavy atom. The Morgan fingerprint density at radius 1 is 1.04 bits per heavy atom. The van der Waals surface area contributed by atoms with Gasteiger partial charge in [0.1, 0.15) is 0 Å². The summed E-state index contributed by atoms with van der Waals surface area (Å²) in [6.07, 6.45) is -3.61. The summed E-state index contributed by atoms with van der Waals surface area (Å²) in [6, 6.07) is 15.9. The van der Waals surface area contributed by atoms with Crippen LogP contribution >= 0.6 is 0 Å². The van der Waals surface area contributed by atoms with Gasteiger partial charge >= 0.3 is 6.18 Å². The molecule has 2 atom stereocenters. The molecule has 2 aromatic rings. The van der Waals surface area contributed by atoms with Crippen molar-refractivity contribution in [3.05, 3.63) is 71.8 Å². The van der Waals surface area contributed by atoms with Crippen molar-refractivity contribution < 1.29 is 22.7 Å². The molecule has 2 aromatic carbocycles. The van der Waals surface area contributed by atoms with Crippen molar-refractivity contribution in [1.29, 1.82) is 0 Å². The molecule has 0 bridgehead atoms. The van der Waals surface area contributed by atoms with Crippen LogP contribution in [0.15, 0.2) is 60.7 Å². The van der Waals surface area contributed by atoms with Crippen LogP contribution in [0, 0.1) is 0 Å². The van der Waals surface area contributed by atoms with Crippen molar-refractivity contribution in [2.75, 3.05) is 13.7 Å². The topological polar surface area (TPSA) is 29.5 Å². The van der Waals surface area contributed by atoms with Crippen LogP contribution in [0.4, 0.5) is 13.2 Å². The van der Waals surface area contributed by atoms with Gasteiger partial charge in [-0.2, -0.15) is 13.2 Å². The summed E-state index contributed by atoms with van der Waals surface area (Å²) < 4.78 is 47.3. The number of carbonyl (C=O) groups excluding carboxylic acids is 1. The summed E-state index contributed by atoms with van der Waals surface area (Å²) in [4.78, 5) is 14.5. The van der Waals surface area contributed by atoms with E-state index >= 15 is 0 Å². The number of hydrogen-bond acceptors (Lipinski definition) is 2. The molecule has 0 aromatic heterocycles. The fourth-order valence-corrected chi connectivity index (χ4v) is 3.64. The lowest BCUT2D eigenvalue weighted by molar-refractivity contribution is -0.270. The predicted octanol–water partition coefficient (Wildman–Crippen LogP) is 4.45. The second-order valence-corrected chi connectivity index (χ2v) is 6.32. The van der Waals surface area contributed by atoms with Crippen LogP contribution < -0.4 is 0 Å². The molecule has 0 radical (unpaired) electrons. The van der Waals surface area contributed by atoms with E-state index in [0.717, 1.165) is 12.7 Å². The Morgan fingerprint density at radius 3 is 2.15 bits per heavy atom. The summed E-state index contributed by atoms with van der Waals surface area (Å²) in [5, 5.41) is 0. The van der Waals surface area contributed by atoms with Gasteiger partial charge in [0.05, 0.1) is 6.04 Å². The molecule has 1 fully saturated rings. The highest BCUT2D eigenvalue weighted by atomic mass is 19.4. The fraction of sp³-hybridized carbons (Fsp3) is 0.350. The standard InChI is InChI=1S/C20H20F3NO2/c1-26-19(20(21,22)23,16-11-6-3-7-12-16)18(25)24-14-8-13-17(24)15-9-4-2-5-10-15/h2-7,9-12,17H,8,13-14H2,1H3/t17-,19+/m0/s1. The number of benzene rings is 2. The lowest BCUT2D eigenvalue weighted by Gasteiger charge is -2.38. The normalized spacial score (nSPS) is 20.0. The lowest BCUT2D eigenvalue weighted by atomic mass is 9.90. The highest BCUT2D eigenvalue weighted by Gasteiger charge is 2.64. The first-order valence-corrected chi connectivity index (χ1v) is 8.45. The summed E-state index contributed by atoms with van der Waals surface area (Å²) in [6.45, 7) is 0.270. The minimum Gasteiger partial charge on any atom is -0.356 e. The van der Waals surface area contributed by atoms with Gasteiger partial charge in [0.25, 0.3) is 11.5 Å². The third-order valence-electron chi connectivity index (χ3n) is 4.88.